The van der Waals surface area contributed by atoms with Crippen LogP contribution in [-0.4, -0.2) is 18.2 Å². The molecule has 0 heterocycles. The molecule has 0 unspecified atom stereocenters. The lowest BCUT2D eigenvalue weighted by Gasteiger charge is -2.09. The number of hydrogen-bond acceptors (Lipinski definition) is 2. The van der Waals surface area contributed by atoms with E-state index >= 15 is 0 Å². The predicted octanol–water partition coefficient (Wildman–Crippen LogP) is 2.86. The van der Waals surface area contributed by atoms with E-state index in [9.17, 15) is 4.79 Å². The lowest BCUT2D eigenvalue weighted by Crippen LogP contribution is -1.98. The average Bonchev–Trinajstić information content (AvgIpc) is 2.27. The summed E-state index contributed by atoms with van der Waals surface area (Å²) < 4.78 is 5.24. The first kappa shape index (κ1) is 10.5. The highest BCUT2D eigenvalue weighted by Crippen LogP contribution is 2.30. The van der Waals surface area contributed by atoms with Gasteiger partial charge in [-0.05, 0) is 30.0 Å². The van der Waals surface area contributed by atoms with Crippen molar-refractivity contribution < 1.29 is 14.6 Å². The van der Waals surface area contributed by atoms with Gasteiger partial charge < -0.3 is 9.84 Å². The van der Waals surface area contributed by atoms with Gasteiger partial charge in [-0.3, -0.25) is 0 Å². The SMILES string of the molecule is COc1cc(C(=O)O)cc2cccc(C)c12. The summed E-state index contributed by atoms with van der Waals surface area (Å²) >= 11 is 0. The van der Waals surface area contributed by atoms with E-state index in [-0.39, 0.29) is 5.56 Å². The van der Waals surface area contributed by atoms with Gasteiger partial charge in [-0.15, -0.1) is 0 Å². The molecule has 0 atom stereocenters. The van der Waals surface area contributed by atoms with Crippen molar-refractivity contribution in [3.8, 4) is 5.75 Å². The van der Waals surface area contributed by atoms with E-state index in [0.29, 0.717) is 5.75 Å². The molecule has 3 heteroatoms. The minimum absolute atomic E-state index is 0.245. The lowest BCUT2D eigenvalue weighted by atomic mass is 10.0. The molecule has 0 radical (unpaired) electrons. The molecule has 0 aromatic heterocycles. The van der Waals surface area contributed by atoms with Crippen LogP contribution in [0.15, 0.2) is 30.3 Å². The van der Waals surface area contributed by atoms with Crippen molar-refractivity contribution in [3.05, 3.63) is 41.5 Å². The molecule has 16 heavy (non-hydrogen) atoms. The topological polar surface area (TPSA) is 46.5 Å². The number of carboxylic acid groups (broad SMARTS) is 1. The number of fused-ring (bicyclic) bond motifs is 1. The fourth-order valence-electron chi connectivity index (χ4n) is 1.85. The second-order valence-electron chi connectivity index (χ2n) is 3.66. The van der Waals surface area contributed by atoms with E-state index in [1.165, 1.54) is 0 Å². The zero-order valence-corrected chi connectivity index (χ0v) is 9.15. The maximum absolute atomic E-state index is 10.9. The fraction of sp³-hybridized carbons (Fsp3) is 0.154. The molecule has 1 N–H and O–H groups in total. The normalized spacial score (nSPS) is 10.4. The van der Waals surface area contributed by atoms with Crippen LogP contribution in [-0.2, 0) is 0 Å². The molecular formula is C13H12O3. The summed E-state index contributed by atoms with van der Waals surface area (Å²) in [6.45, 7) is 1.98. The maximum Gasteiger partial charge on any atom is 0.335 e. The Morgan fingerprint density at radius 1 is 1.31 bits per heavy atom. The van der Waals surface area contributed by atoms with Gasteiger partial charge in [0.2, 0.25) is 0 Å². The first-order chi connectivity index (χ1) is 7.63. The first-order valence-corrected chi connectivity index (χ1v) is 4.94. The van der Waals surface area contributed by atoms with Gasteiger partial charge in [-0.25, -0.2) is 4.79 Å². The Kier molecular flexibility index (Phi) is 2.52. The molecule has 0 aliphatic heterocycles. The third kappa shape index (κ3) is 1.60. The number of aryl methyl sites for hydroxylation is 1. The van der Waals surface area contributed by atoms with Crippen LogP contribution < -0.4 is 4.74 Å². The summed E-state index contributed by atoms with van der Waals surface area (Å²) in [7, 11) is 1.55. The average molecular weight is 216 g/mol. The minimum Gasteiger partial charge on any atom is -0.496 e. The van der Waals surface area contributed by atoms with Gasteiger partial charge in [0.15, 0.2) is 0 Å². The van der Waals surface area contributed by atoms with Crippen molar-refractivity contribution in [2.24, 2.45) is 0 Å². The number of carbonyl (C=O) groups is 1. The van der Waals surface area contributed by atoms with Crippen molar-refractivity contribution in [1.29, 1.82) is 0 Å². The van der Waals surface area contributed by atoms with Crippen LogP contribution in [0.1, 0.15) is 15.9 Å². The molecule has 0 aliphatic rings. The second kappa shape index (κ2) is 3.85. The van der Waals surface area contributed by atoms with E-state index in [1.54, 1.807) is 19.2 Å². The largest absolute Gasteiger partial charge is 0.496 e. The van der Waals surface area contributed by atoms with Gasteiger partial charge in [0.1, 0.15) is 5.75 Å². The van der Waals surface area contributed by atoms with Crippen LogP contribution in [0, 0.1) is 6.92 Å². The molecule has 2 rings (SSSR count). The van der Waals surface area contributed by atoms with Crippen LogP contribution >= 0.6 is 0 Å². The zero-order chi connectivity index (χ0) is 11.7. The molecule has 2 aromatic carbocycles. The molecular weight excluding hydrogens is 204 g/mol. The fourth-order valence-corrected chi connectivity index (χ4v) is 1.85. The quantitative estimate of drug-likeness (QED) is 0.839. The summed E-state index contributed by atoms with van der Waals surface area (Å²) in [6.07, 6.45) is 0. The molecule has 0 fully saturated rings. The number of rotatable bonds is 2. The van der Waals surface area contributed by atoms with Gasteiger partial charge in [0, 0.05) is 5.39 Å². The molecule has 0 amide bonds. The maximum atomic E-state index is 10.9. The van der Waals surface area contributed by atoms with Gasteiger partial charge >= 0.3 is 5.97 Å². The summed E-state index contributed by atoms with van der Waals surface area (Å²) in [6, 6.07) is 8.98. The molecule has 3 nitrogen and oxygen atoms in total. The zero-order valence-electron chi connectivity index (χ0n) is 9.15. The Labute approximate surface area is 93.3 Å². The molecule has 0 bridgehead atoms. The summed E-state index contributed by atoms with van der Waals surface area (Å²) in [5.74, 6) is -0.338. The van der Waals surface area contributed by atoms with Gasteiger partial charge in [0.05, 0.1) is 12.7 Å². The number of methoxy groups -OCH3 is 1. The molecule has 0 saturated heterocycles. The smallest absolute Gasteiger partial charge is 0.335 e. The van der Waals surface area contributed by atoms with E-state index in [1.807, 2.05) is 25.1 Å². The lowest BCUT2D eigenvalue weighted by molar-refractivity contribution is 0.0696. The minimum atomic E-state index is -0.943. The van der Waals surface area contributed by atoms with E-state index < -0.39 is 5.97 Å². The third-order valence-electron chi connectivity index (χ3n) is 2.62. The molecule has 0 saturated carbocycles. The van der Waals surface area contributed by atoms with E-state index in [4.69, 9.17) is 9.84 Å². The second-order valence-corrected chi connectivity index (χ2v) is 3.66. The Morgan fingerprint density at radius 2 is 2.06 bits per heavy atom. The number of carboxylic acids is 1. The van der Waals surface area contributed by atoms with Crippen LogP contribution in [0.4, 0.5) is 0 Å². The number of ether oxygens (including phenoxy) is 1. The molecule has 0 spiro atoms. The standard InChI is InChI=1S/C13H12O3/c1-8-4-3-5-9-6-10(13(14)15)7-11(16-2)12(8)9/h3-7H,1-2H3,(H,14,15). The Morgan fingerprint density at radius 3 is 2.69 bits per heavy atom. The van der Waals surface area contributed by atoms with Gasteiger partial charge in [-0.2, -0.15) is 0 Å². The Hall–Kier alpha value is -2.03. The van der Waals surface area contributed by atoms with Gasteiger partial charge in [-0.1, -0.05) is 18.2 Å². The summed E-state index contributed by atoms with van der Waals surface area (Å²) in [5, 5.41) is 10.8. The Balaban J connectivity index is 2.84. The van der Waals surface area contributed by atoms with Gasteiger partial charge in [0.25, 0.3) is 0 Å². The van der Waals surface area contributed by atoms with E-state index in [0.717, 1.165) is 16.3 Å². The monoisotopic (exact) mass is 216 g/mol. The van der Waals surface area contributed by atoms with Crippen molar-refractivity contribution in [3.63, 3.8) is 0 Å². The Bertz CT molecular complexity index is 558. The summed E-state index contributed by atoms with van der Waals surface area (Å²) in [5.41, 5.74) is 1.32. The van der Waals surface area contributed by atoms with E-state index in [2.05, 4.69) is 0 Å². The van der Waals surface area contributed by atoms with Crippen molar-refractivity contribution in [2.45, 2.75) is 6.92 Å². The van der Waals surface area contributed by atoms with Crippen LogP contribution in [0.25, 0.3) is 10.8 Å². The van der Waals surface area contributed by atoms with Crippen molar-refractivity contribution in [1.82, 2.24) is 0 Å². The molecule has 0 aliphatic carbocycles. The highest BCUT2D eigenvalue weighted by Gasteiger charge is 2.10. The number of aromatic carboxylic acids is 1. The highest BCUT2D eigenvalue weighted by atomic mass is 16.5. The number of hydrogen-bond donors (Lipinski definition) is 1. The number of benzene rings is 2. The van der Waals surface area contributed by atoms with Crippen LogP contribution in [0.2, 0.25) is 0 Å². The van der Waals surface area contributed by atoms with Crippen LogP contribution in [0.5, 0.6) is 5.75 Å². The summed E-state index contributed by atoms with van der Waals surface area (Å²) in [4.78, 5) is 10.9. The van der Waals surface area contributed by atoms with Crippen molar-refractivity contribution >= 4 is 16.7 Å². The third-order valence-corrected chi connectivity index (χ3v) is 2.62. The highest BCUT2D eigenvalue weighted by molar-refractivity contribution is 5.98. The van der Waals surface area contributed by atoms with Crippen molar-refractivity contribution in [2.75, 3.05) is 7.11 Å². The predicted molar refractivity (Wildman–Crippen MR) is 62.2 cm³/mol. The molecule has 2 aromatic rings. The molecule has 82 valence electrons. The van der Waals surface area contributed by atoms with Crippen LogP contribution in [0.3, 0.4) is 0 Å². The first-order valence-electron chi connectivity index (χ1n) is 4.94.